The maximum Gasteiger partial charge on any atom is 0.307 e. The zero-order valence-electron chi connectivity index (χ0n) is 11.0. The number of thioether (sulfide) groups is 1. The van der Waals surface area contributed by atoms with E-state index >= 15 is 0 Å². The number of carboxylic acids is 1. The minimum absolute atomic E-state index is 0.0650. The fourth-order valence-electron chi connectivity index (χ4n) is 2.46. The van der Waals surface area contributed by atoms with Gasteiger partial charge < -0.3 is 10.4 Å². The number of unbranched alkanes of at least 4 members (excludes halogenated alkanes) is 2. The number of carboxylic acid groups (broad SMARTS) is 1. The summed E-state index contributed by atoms with van der Waals surface area (Å²) in [5, 5.41) is 11.9. The second kappa shape index (κ2) is 8.40. The molecule has 0 heterocycles. The molecule has 5 heteroatoms. The Hall–Kier alpha value is -0.710. The number of hydrogen-bond donors (Lipinski definition) is 2. The van der Waals surface area contributed by atoms with E-state index in [9.17, 15) is 9.59 Å². The maximum atomic E-state index is 11.9. The summed E-state index contributed by atoms with van der Waals surface area (Å²) < 4.78 is 0. The monoisotopic (exact) mass is 273 g/mol. The standard InChI is InChI=1S/C13H23NO3S/c1-18-9-4-2-3-8-14-12(15)10-6-5-7-11(10)13(16)17/h10-11H,2-9H2,1H3,(H,14,15)(H,16,17)/t10-,11+/m1/s1. The van der Waals surface area contributed by atoms with E-state index in [2.05, 4.69) is 11.6 Å². The molecule has 0 aliphatic heterocycles. The van der Waals surface area contributed by atoms with Crippen LogP contribution in [0.5, 0.6) is 0 Å². The first-order valence-corrected chi connectivity index (χ1v) is 8.05. The number of amides is 1. The zero-order chi connectivity index (χ0) is 13.4. The summed E-state index contributed by atoms with van der Waals surface area (Å²) in [5.41, 5.74) is 0. The minimum Gasteiger partial charge on any atom is -0.481 e. The van der Waals surface area contributed by atoms with Crippen LogP contribution in [0, 0.1) is 11.8 Å². The van der Waals surface area contributed by atoms with Crippen molar-refractivity contribution in [2.75, 3.05) is 18.6 Å². The van der Waals surface area contributed by atoms with Gasteiger partial charge in [-0.15, -0.1) is 0 Å². The molecule has 1 saturated carbocycles. The van der Waals surface area contributed by atoms with Crippen LogP contribution in [0.25, 0.3) is 0 Å². The van der Waals surface area contributed by atoms with E-state index in [0.717, 1.165) is 31.4 Å². The number of nitrogens with one attached hydrogen (secondary N) is 1. The normalized spacial score (nSPS) is 22.9. The Morgan fingerprint density at radius 3 is 2.61 bits per heavy atom. The summed E-state index contributed by atoms with van der Waals surface area (Å²) in [6, 6.07) is 0. The van der Waals surface area contributed by atoms with Crippen LogP contribution in [0.2, 0.25) is 0 Å². The third kappa shape index (κ3) is 4.88. The molecule has 104 valence electrons. The third-order valence-corrected chi connectivity index (χ3v) is 4.19. The van der Waals surface area contributed by atoms with E-state index in [1.54, 1.807) is 0 Å². The molecule has 1 aliphatic carbocycles. The van der Waals surface area contributed by atoms with Crippen molar-refractivity contribution in [2.24, 2.45) is 11.8 Å². The first kappa shape index (κ1) is 15.3. The highest BCUT2D eigenvalue weighted by Gasteiger charge is 2.37. The largest absolute Gasteiger partial charge is 0.481 e. The Kier molecular flexibility index (Phi) is 7.16. The minimum atomic E-state index is -0.826. The lowest BCUT2D eigenvalue weighted by Gasteiger charge is -2.15. The second-order valence-corrected chi connectivity index (χ2v) is 5.81. The van der Waals surface area contributed by atoms with E-state index in [0.29, 0.717) is 13.0 Å². The highest BCUT2D eigenvalue weighted by Crippen LogP contribution is 2.31. The van der Waals surface area contributed by atoms with Crippen molar-refractivity contribution in [3.05, 3.63) is 0 Å². The van der Waals surface area contributed by atoms with Crippen molar-refractivity contribution < 1.29 is 14.7 Å². The average Bonchev–Trinajstić information content (AvgIpc) is 2.82. The van der Waals surface area contributed by atoms with E-state index in [4.69, 9.17) is 5.11 Å². The van der Waals surface area contributed by atoms with Gasteiger partial charge in [-0.3, -0.25) is 9.59 Å². The summed E-state index contributed by atoms with van der Waals surface area (Å²) in [5.74, 6) is -0.509. The molecular formula is C13H23NO3S. The Bertz CT molecular complexity index is 283. The molecule has 0 aromatic carbocycles. The topological polar surface area (TPSA) is 66.4 Å². The maximum absolute atomic E-state index is 11.9. The van der Waals surface area contributed by atoms with Crippen LogP contribution >= 0.6 is 11.8 Å². The van der Waals surface area contributed by atoms with Crippen LogP contribution < -0.4 is 5.32 Å². The van der Waals surface area contributed by atoms with Crippen LogP contribution in [-0.2, 0) is 9.59 Å². The number of carbonyl (C=O) groups is 2. The molecule has 1 amide bonds. The molecule has 0 unspecified atom stereocenters. The van der Waals surface area contributed by atoms with Crippen molar-refractivity contribution in [2.45, 2.75) is 38.5 Å². The molecule has 2 atom stereocenters. The molecule has 0 spiro atoms. The molecule has 1 fully saturated rings. The van der Waals surface area contributed by atoms with Crippen LogP contribution in [0.4, 0.5) is 0 Å². The summed E-state index contributed by atoms with van der Waals surface area (Å²) >= 11 is 1.84. The molecule has 0 bridgehead atoms. The van der Waals surface area contributed by atoms with E-state index < -0.39 is 11.9 Å². The van der Waals surface area contributed by atoms with E-state index in [1.807, 2.05) is 11.8 Å². The number of rotatable bonds is 8. The molecule has 0 aromatic rings. The second-order valence-electron chi connectivity index (χ2n) is 4.83. The first-order chi connectivity index (χ1) is 8.66. The fraction of sp³-hybridized carbons (Fsp3) is 0.846. The van der Waals surface area contributed by atoms with Gasteiger partial charge in [0.05, 0.1) is 11.8 Å². The Morgan fingerprint density at radius 2 is 1.94 bits per heavy atom. The van der Waals surface area contributed by atoms with Crippen LogP contribution in [0.3, 0.4) is 0 Å². The quantitative estimate of drug-likeness (QED) is 0.665. The summed E-state index contributed by atoms with van der Waals surface area (Å²) in [7, 11) is 0. The van der Waals surface area contributed by atoms with Gasteiger partial charge in [-0.25, -0.2) is 0 Å². The van der Waals surface area contributed by atoms with Crippen molar-refractivity contribution in [3.63, 3.8) is 0 Å². The Morgan fingerprint density at radius 1 is 1.22 bits per heavy atom. The molecule has 0 radical (unpaired) electrons. The van der Waals surface area contributed by atoms with Gasteiger partial charge >= 0.3 is 5.97 Å². The van der Waals surface area contributed by atoms with Crippen molar-refractivity contribution >= 4 is 23.6 Å². The number of carbonyl (C=O) groups excluding carboxylic acids is 1. The lowest BCUT2D eigenvalue weighted by molar-refractivity contribution is -0.146. The predicted octanol–water partition coefficient (Wildman–Crippen LogP) is 2.14. The van der Waals surface area contributed by atoms with Gasteiger partial charge in [0.25, 0.3) is 0 Å². The molecular weight excluding hydrogens is 250 g/mol. The van der Waals surface area contributed by atoms with E-state index in [-0.39, 0.29) is 11.8 Å². The van der Waals surface area contributed by atoms with Crippen molar-refractivity contribution in [1.82, 2.24) is 5.32 Å². The van der Waals surface area contributed by atoms with Gasteiger partial charge in [-0.05, 0) is 37.7 Å². The predicted molar refractivity (Wildman–Crippen MR) is 73.7 cm³/mol. The highest BCUT2D eigenvalue weighted by atomic mass is 32.2. The summed E-state index contributed by atoms with van der Waals surface area (Å²) in [4.78, 5) is 22.9. The first-order valence-electron chi connectivity index (χ1n) is 6.66. The van der Waals surface area contributed by atoms with E-state index in [1.165, 1.54) is 6.42 Å². The smallest absolute Gasteiger partial charge is 0.307 e. The van der Waals surface area contributed by atoms with Crippen LogP contribution in [0.1, 0.15) is 38.5 Å². The van der Waals surface area contributed by atoms with Gasteiger partial charge in [0, 0.05) is 6.54 Å². The highest BCUT2D eigenvalue weighted by molar-refractivity contribution is 7.98. The number of aliphatic carboxylic acids is 1. The molecule has 18 heavy (non-hydrogen) atoms. The van der Waals surface area contributed by atoms with Gasteiger partial charge in [0.2, 0.25) is 5.91 Å². The van der Waals surface area contributed by atoms with Crippen molar-refractivity contribution in [3.8, 4) is 0 Å². The zero-order valence-corrected chi connectivity index (χ0v) is 11.8. The van der Waals surface area contributed by atoms with Gasteiger partial charge in [0.15, 0.2) is 0 Å². The SMILES string of the molecule is CSCCCCCNC(=O)[C@@H]1CCC[C@@H]1C(=O)O. The Labute approximate surface area is 113 Å². The Balaban J connectivity index is 2.18. The van der Waals surface area contributed by atoms with Crippen molar-refractivity contribution in [1.29, 1.82) is 0 Å². The summed E-state index contributed by atoms with van der Waals surface area (Å²) in [6.07, 6.45) is 7.58. The molecule has 1 aliphatic rings. The lowest BCUT2D eigenvalue weighted by atomic mass is 9.95. The van der Waals surface area contributed by atoms with Crippen LogP contribution in [0.15, 0.2) is 0 Å². The van der Waals surface area contributed by atoms with Gasteiger partial charge in [-0.1, -0.05) is 12.8 Å². The molecule has 4 nitrogen and oxygen atoms in total. The lowest BCUT2D eigenvalue weighted by Crippen LogP contribution is -2.35. The average molecular weight is 273 g/mol. The molecule has 1 rings (SSSR count). The third-order valence-electron chi connectivity index (χ3n) is 3.49. The molecule has 0 aromatic heterocycles. The summed E-state index contributed by atoms with van der Waals surface area (Å²) in [6.45, 7) is 0.677. The molecule has 0 saturated heterocycles. The molecule has 2 N–H and O–H groups in total. The van der Waals surface area contributed by atoms with Gasteiger partial charge in [0.1, 0.15) is 0 Å². The number of hydrogen-bond acceptors (Lipinski definition) is 3. The van der Waals surface area contributed by atoms with Gasteiger partial charge in [-0.2, -0.15) is 11.8 Å². The van der Waals surface area contributed by atoms with Crippen LogP contribution in [-0.4, -0.2) is 35.5 Å². The fourth-order valence-corrected chi connectivity index (χ4v) is 2.95.